The molecule has 0 fully saturated rings. The zero-order valence-electron chi connectivity index (χ0n) is 18.6. The summed E-state index contributed by atoms with van der Waals surface area (Å²) < 4.78 is 15.7. The van der Waals surface area contributed by atoms with E-state index >= 15 is 0 Å². The van der Waals surface area contributed by atoms with Crippen molar-refractivity contribution in [3.63, 3.8) is 0 Å². The maximum absolute atomic E-state index is 12.7. The fourth-order valence-electron chi connectivity index (χ4n) is 3.08. The van der Waals surface area contributed by atoms with E-state index in [1.807, 2.05) is 41.8 Å². The summed E-state index contributed by atoms with van der Waals surface area (Å²) in [5, 5.41) is 4.83. The second-order valence-electron chi connectivity index (χ2n) is 6.95. The first-order valence-corrected chi connectivity index (χ1v) is 11.0. The minimum Gasteiger partial charge on any atom is -0.493 e. The van der Waals surface area contributed by atoms with E-state index in [9.17, 15) is 9.59 Å². The third-order valence-electron chi connectivity index (χ3n) is 4.60. The van der Waals surface area contributed by atoms with Crippen LogP contribution in [0.3, 0.4) is 0 Å². The van der Waals surface area contributed by atoms with Crippen molar-refractivity contribution in [2.45, 2.75) is 13.3 Å². The van der Waals surface area contributed by atoms with Gasteiger partial charge in [0.2, 0.25) is 5.75 Å². The SMILES string of the molecule is COc1cc(C(=O)NCCc2cccc(N=C(N)c3cccs3)c2)cc(OC)c1OC(C)=O. The van der Waals surface area contributed by atoms with Crippen molar-refractivity contribution in [3.8, 4) is 17.2 Å². The lowest BCUT2D eigenvalue weighted by Crippen LogP contribution is -2.25. The molecule has 2 aromatic carbocycles. The molecule has 8 nitrogen and oxygen atoms in total. The minimum absolute atomic E-state index is 0.128. The number of aliphatic imine (C=N–C) groups is 1. The summed E-state index contributed by atoms with van der Waals surface area (Å²) in [6, 6.07) is 14.5. The van der Waals surface area contributed by atoms with Gasteiger partial charge in [0, 0.05) is 19.0 Å². The number of amidine groups is 1. The lowest BCUT2D eigenvalue weighted by atomic mass is 10.1. The molecule has 0 atom stereocenters. The molecule has 33 heavy (non-hydrogen) atoms. The summed E-state index contributed by atoms with van der Waals surface area (Å²) in [7, 11) is 2.84. The van der Waals surface area contributed by atoms with Crippen LogP contribution in [0.15, 0.2) is 58.9 Å². The van der Waals surface area contributed by atoms with E-state index in [0.717, 1.165) is 16.1 Å². The molecule has 0 spiro atoms. The molecule has 0 bridgehead atoms. The molecule has 3 rings (SSSR count). The second kappa shape index (κ2) is 11.1. The topological polar surface area (TPSA) is 112 Å². The Labute approximate surface area is 196 Å². The highest BCUT2D eigenvalue weighted by Gasteiger charge is 2.19. The van der Waals surface area contributed by atoms with Crippen LogP contribution in [0.4, 0.5) is 5.69 Å². The molecular formula is C24H25N3O5S. The molecule has 0 saturated heterocycles. The largest absolute Gasteiger partial charge is 0.493 e. The lowest BCUT2D eigenvalue weighted by molar-refractivity contribution is -0.132. The van der Waals surface area contributed by atoms with Crippen LogP contribution in [0.25, 0.3) is 0 Å². The predicted octanol–water partition coefficient (Wildman–Crippen LogP) is 3.70. The normalized spacial score (nSPS) is 11.1. The highest BCUT2D eigenvalue weighted by atomic mass is 32.1. The van der Waals surface area contributed by atoms with Crippen molar-refractivity contribution in [2.24, 2.45) is 10.7 Å². The predicted molar refractivity (Wildman–Crippen MR) is 128 cm³/mol. The number of ether oxygens (including phenoxy) is 3. The molecule has 1 heterocycles. The van der Waals surface area contributed by atoms with Crippen molar-refractivity contribution in [1.29, 1.82) is 0 Å². The first kappa shape index (κ1) is 23.8. The molecule has 172 valence electrons. The maximum Gasteiger partial charge on any atom is 0.308 e. The highest BCUT2D eigenvalue weighted by molar-refractivity contribution is 7.12. The van der Waals surface area contributed by atoms with E-state index in [1.54, 1.807) is 0 Å². The Morgan fingerprint density at radius 3 is 2.39 bits per heavy atom. The van der Waals surface area contributed by atoms with Gasteiger partial charge in [-0.05, 0) is 47.7 Å². The first-order valence-electron chi connectivity index (χ1n) is 10.1. The van der Waals surface area contributed by atoms with Crippen molar-refractivity contribution in [1.82, 2.24) is 5.32 Å². The molecule has 0 aliphatic heterocycles. The number of nitrogens with two attached hydrogens (primary N) is 1. The number of esters is 1. The number of benzene rings is 2. The second-order valence-corrected chi connectivity index (χ2v) is 7.90. The van der Waals surface area contributed by atoms with Crippen LogP contribution in [-0.2, 0) is 11.2 Å². The molecule has 0 aliphatic rings. The molecule has 0 aliphatic carbocycles. The van der Waals surface area contributed by atoms with Gasteiger partial charge in [-0.2, -0.15) is 0 Å². The summed E-state index contributed by atoms with van der Waals surface area (Å²) in [4.78, 5) is 29.4. The number of nitrogens with one attached hydrogen (secondary N) is 1. The van der Waals surface area contributed by atoms with Gasteiger partial charge in [0.25, 0.3) is 5.91 Å². The smallest absolute Gasteiger partial charge is 0.308 e. The molecule has 1 aromatic heterocycles. The third kappa shape index (κ3) is 6.33. The molecule has 0 unspecified atom stereocenters. The Hall–Kier alpha value is -3.85. The maximum atomic E-state index is 12.7. The van der Waals surface area contributed by atoms with Crippen LogP contribution >= 0.6 is 11.3 Å². The van der Waals surface area contributed by atoms with Gasteiger partial charge in [0.1, 0.15) is 5.84 Å². The van der Waals surface area contributed by atoms with Crippen molar-refractivity contribution >= 4 is 34.7 Å². The number of carbonyl (C=O) groups is 2. The molecule has 0 saturated carbocycles. The number of nitrogens with zero attached hydrogens (tertiary/aromatic N) is 1. The van der Waals surface area contributed by atoms with E-state index in [4.69, 9.17) is 19.9 Å². The molecule has 1 amide bonds. The Bertz CT molecular complexity index is 1130. The van der Waals surface area contributed by atoms with Crippen LogP contribution in [0, 0.1) is 0 Å². The number of hydrogen-bond donors (Lipinski definition) is 2. The first-order chi connectivity index (χ1) is 15.9. The quantitative estimate of drug-likeness (QED) is 0.215. The van der Waals surface area contributed by atoms with E-state index in [-0.39, 0.29) is 23.2 Å². The summed E-state index contributed by atoms with van der Waals surface area (Å²) >= 11 is 1.53. The number of hydrogen-bond acceptors (Lipinski definition) is 7. The van der Waals surface area contributed by atoms with E-state index in [2.05, 4.69) is 10.3 Å². The number of thiophene rings is 1. The van der Waals surface area contributed by atoms with Gasteiger partial charge in [-0.3, -0.25) is 9.59 Å². The van der Waals surface area contributed by atoms with Crippen LogP contribution in [0.1, 0.15) is 27.7 Å². The van der Waals surface area contributed by atoms with Crippen LogP contribution in [-0.4, -0.2) is 38.5 Å². The monoisotopic (exact) mass is 467 g/mol. The number of methoxy groups -OCH3 is 2. The molecule has 9 heteroatoms. The number of amides is 1. The molecule has 0 radical (unpaired) electrons. The zero-order valence-corrected chi connectivity index (χ0v) is 19.4. The van der Waals surface area contributed by atoms with Crippen LogP contribution in [0.2, 0.25) is 0 Å². The van der Waals surface area contributed by atoms with Crippen molar-refractivity contribution in [3.05, 3.63) is 69.9 Å². The van der Waals surface area contributed by atoms with Gasteiger partial charge in [0.15, 0.2) is 11.5 Å². The van der Waals surface area contributed by atoms with Gasteiger partial charge in [-0.15, -0.1) is 11.3 Å². The summed E-state index contributed by atoms with van der Waals surface area (Å²) in [5.74, 6) is 0.218. The lowest BCUT2D eigenvalue weighted by Gasteiger charge is -2.14. The average molecular weight is 468 g/mol. The zero-order chi connectivity index (χ0) is 23.8. The van der Waals surface area contributed by atoms with Gasteiger partial charge in [-0.1, -0.05) is 18.2 Å². The van der Waals surface area contributed by atoms with Gasteiger partial charge in [0.05, 0.1) is 24.8 Å². The number of carbonyl (C=O) groups excluding carboxylic acids is 2. The summed E-state index contributed by atoms with van der Waals surface area (Å²) in [5.41, 5.74) is 8.15. The standard InChI is InChI=1S/C24H25N3O5S/c1-15(28)32-22-19(30-2)13-17(14-20(22)31-3)24(29)26-10-9-16-6-4-7-18(12-16)27-23(25)21-8-5-11-33-21/h4-8,11-14H,9-10H2,1-3H3,(H2,25,27)(H,26,29). The number of rotatable bonds is 9. The highest BCUT2D eigenvalue weighted by Crippen LogP contribution is 2.38. The summed E-state index contributed by atoms with van der Waals surface area (Å²) in [6.45, 7) is 1.68. The van der Waals surface area contributed by atoms with E-state index in [0.29, 0.717) is 24.4 Å². The third-order valence-corrected chi connectivity index (χ3v) is 5.49. The Morgan fingerprint density at radius 2 is 1.79 bits per heavy atom. The van der Waals surface area contributed by atoms with Gasteiger partial charge < -0.3 is 25.3 Å². The fraction of sp³-hybridized carbons (Fsp3) is 0.208. The summed E-state index contributed by atoms with van der Waals surface area (Å²) in [6.07, 6.45) is 0.605. The molecule has 3 N–H and O–H groups in total. The fourth-order valence-corrected chi connectivity index (χ4v) is 3.71. The Kier molecular flexibility index (Phi) is 8.04. The van der Waals surface area contributed by atoms with Crippen molar-refractivity contribution in [2.75, 3.05) is 20.8 Å². The Balaban J connectivity index is 1.66. The van der Waals surface area contributed by atoms with Crippen LogP contribution < -0.4 is 25.3 Å². The van der Waals surface area contributed by atoms with Gasteiger partial charge >= 0.3 is 5.97 Å². The molecular weight excluding hydrogens is 442 g/mol. The molecule has 3 aromatic rings. The van der Waals surface area contributed by atoms with Gasteiger partial charge in [-0.25, -0.2) is 4.99 Å². The van der Waals surface area contributed by atoms with E-state index in [1.165, 1.54) is 44.6 Å². The van der Waals surface area contributed by atoms with E-state index < -0.39 is 5.97 Å². The Morgan fingerprint density at radius 1 is 1.06 bits per heavy atom. The minimum atomic E-state index is -0.521. The average Bonchev–Trinajstić information content (AvgIpc) is 3.34. The van der Waals surface area contributed by atoms with Crippen LogP contribution in [0.5, 0.6) is 17.2 Å². The van der Waals surface area contributed by atoms with Crippen molar-refractivity contribution < 1.29 is 23.8 Å².